The van der Waals surface area contributed by atoms with E-state index in [1.54, 1.807) is 11.3 Å². The number of nitrogens with zero attached hydrogens (tertiary/aromatic N) is 3. The van der Waals surface area contributed by atoms with Crippen LogP contribution in [0.2, 0.25) is 0 Å². The van der Waals surface area contributed by atoms with Crippen molar-refractivity contribution >= 4 is 11.3 Å². The van der Waals surface area contributed by atoms with Gasteiger partial charge in [0.15, 0.2) is 0 Å². The third-order valence-corrected chi connectivity index (χ3v) is 4.47. The van der Waals surface area contributed by atoms with Crippen molar-refractivity contribution in [2.75, 3.05) is 19.6 Å². The fourth-order valence-electron chi connectivity index (χ4n) is 2.79. The molecule has 114 valence electrons. The average Bonchev–Trinajstić information content (AvgIpc) is 3.21. The Labute approximate surface area is 129 Å². The monoisotopic (exact) mass is 306 g/mol. The first kappa shape index (κ1) is 14.7. The molecule has 2 aromatic rings. The zero-order valence-corrected chi connectivity index (χ0v) is 13.2. The fourth-order valence-corrected chi connectivity index (χ4v) is 3.43. The fraction of sp³-hybridized carbons (Fsp3) is 0.600. The molecule has 0 amide bonds. The van der Waals surface area contributed by atoms with Crippen molar-refractivity contribution in [1.82, 2.24) is 20.4 Å². The van der Waals surface area contributed by atoms with Gasteiger partial charge < -0.3 is 9.84 Å². The molecule has 21 heavy (non-hydrogen) atoms. The summed E-state index contributed by atoms with van der Waals surface area (Å²) in [5.41, 5.74) is 1.04. The minimum absolute atomic E-state index is 0.607. The molecule has 0 saturated carbocycles. The second kappa shape index (κ2) is 7.15. The first-order chi connectivity index (χ1) is 10.3. The standard InChI is InChI=1S/C15H22N4OS/c1-2-7-19(9-13-4-3-6-16-13)10-14-17-15(18-20-14)12-5-8-21-11-12/h5,8,11,13,16H,2-4,6-7,9-10H2,1H3. The highest BCUT2D eigenvalue weighted by molar-refractivity contribution is 7.08. The third kappa shape index (κ3) is 3.90. The number of thiophene rings is 1. The van der Waals surface area contributed by atoms with Gasteiger partial charge in [-0.3, -0.25) is 4.90 Å². The molecule has 3 rings (SSSR count). The van der Waals surface area contributed by atoms with Crippen LogP contribution in [-0.4, -0.2) is 40.7 Å². The molecular weight excluding hydrogens is 284 g/mol. The Morgan fingerprint density at radius 3 is 3.19 bits per heavy atom. The topological polar surface area (TPSA) is 54.2 Å². The summed E-state index contributed by atoms with van der Waals surface area (Å²) in [6.07, 6.45) is 3.69. The highest BCUT2D eigenvalue weighted by Crippen LogP contribution is 2.19. The van der Waals surface area contributed by atoms with Crippen molar-refractivity contribution in [1.29, 1.82) is 0 Å². The second-order valence-corrected chi connectivity index (χ2v) is 6.33. The molecule has 0 aromatic carbocycles. The minimum atomic E-state index is 0.607. The van der Waals surface area contributed by atoms with Gasteiger partial charge in [-0.15, -0.1) is 0 Å². The SMILES string of the molecule is CCCN(Cc1nc(-c2ccsc2)no1)CC1CCCN1. The van der Waals surface area contributed by atoms with E-state index in [-0.39, 0.29) is 0 Å². The van der Waals surface area contributed by atoms with E-state index in [1.165, 1.54) is 12.8 Å². The Kier molecular flexibility index (Phi) is 5.00. The summed E-state index contributed by atoms with van der Waals surface area (Å²) in [4.78, 5) is 6.93. The van der Waals surface area contributed by atoms with Crippen LogP contribution in [-0.2, 0) is 6.54 Å². The Hall–Kier alpha value is -1.24. The Morgan fingerprint density at radius 1 is 1.52 bits per heavy atom. The van der Waals surface area contributed by atoms with Crippen LogP contribution >= 0.6 is 11.3 Å². The van der Waals surface area contributed by atoms with Crippen molar-refractivity contribution in [2.24, 2.45) is 0 Å². The highest BCUT2D eigenvalue weighted by Gasteiger charge is 2.19. The lowest BCUT2D eigenvalue weighted by Crippen LogP contribution is -2.37. The Balaban J connectivity index is 1.62. The van der Waals surface area contributed by atoms with Crippen molar-refractivity contribution in [3.8, 4) is 11.4 Å². The summed E-state index contributed by atoms with van der Waals surface area (Å²) in [7, 11) is 0. The molecule has 2 aromatic heterocycles. The molecule has 0 aliphatic carbocycles. The summed E-state index contributed by atoms with van der Waals surface area (Å²) >= 11 is 1.65. The van der Waals surface area contributed by atoms with Crippen molar-refractivity contribution in [3.05, 3.63) is 22.7 Å². The molecule has 1 unspecified atom stereocenters. The predicted octanol–water partition coefficient (Wildman–Crippen LogP) is 2.76. The molecule has 6 heteroatoms. The van der Waals surface area contributed by atoms with Gasteiger partial charge in [0.2, 0.25) is 11.7 Å². The van der Waals surface area contributed by atoms with Gasteiger partial charge in [-0.1, -0.05) is 12.1 Å². The lowest BCUT2D eigenvalue weighted by atomic mass is 10.2. The summed E-state index contributed by atoms with van der Waals surface area (Å²) in [6, 6.07) is 2.63. The minimum Gasteiger partial charge on any atom is -0.338 e. The van der Waals surface area contributed by atoms with Gasteiger partial charge in [0.25, 0.3) is 0 Å². The van der Waals surface area contributed by atoms with Crippen LogP contribution in [0.25, 0.3) is 11.4 Å². The molecule has 1 atom stereocenters. The van der Waals surface area contributed by atoms with Gasteiger partial charge in [0.05, 0.1) is 6.54 Å². The van der Waals surface area contributed by atoms with Crippen LogP contribution < -0.4 is 5.32 Å². The van der Waals surface area contributed by atoms with Gasteiger partial charge in [0, 0.05) is 23.5 Å². The molecule has 1 fully saturated rings. The van der Waals surface area contributed by atoms with Crippen molar-refractivity contribution in [2.45, 2.75) is 38.8 Å². The van der Waals surface area contributed by atoms with Gasteiger partial charge in [-0.2, -0.15) is 16.3 Å². The third-order valence-electron chi connectivity index (χ3n) is 3.79. The molecule has 0 radical (unpaired) electrons. The lowest BCUT2D eigenvalue weighted by molar-refractivity contribution is 0.210. The predicted molar refractivity (Wildman–Crippen MR) is 84.2 cm³/mol. The van der Waals surface area contributed by atoms with E-state index in [0.717, 1.165) is 38.2 Å². The van der Waals surface area contributed by atoms with Gasteiger partial charge >= 0.3 is 0 Å². The van der Waals surface area contributed by atoms with Gasteiger partial charge in [0.1, 0.15) is 0 Å². The quantitative estimate of drug-likeness (QED) is 0.852. The molecular formula is C15H22N4OS. The molecule has 1 aliphatic heterocycles. The number of hydrogen-bond donors (Lipinski definition) is 1. The molecule has 1 aliphatic rings. The van der Waals surface area contributed by atoms with Crippen LogP contribution in [0.3, 0.4) is 0 Å². The van der Waals surface area contributed by atoms with E-state index in [9.17, 15) is 0 Å². The lowest BCUT2D eigenvalue weighted by Gasteiger charge is -2.23. The second-order valence-electron chi connectivity index (χ2n) is 5.55. The van der Waals surface area contributed by atoms with E-state index in [2.05, 4.69) is 27.3 Å². The first-order valence-electron chi connectivity index (χ1n) is 7.66. The summed E-state index contributed by atoms with van der Waals surface area (Å²) in [5.74, 6) is 1.41. The Morgan fingerprint density at radius 2 is 2.48 bits per heavy atom. The Bertz CT molecular complexity index is 534. The summed E-state index contributed by atoms with van der Waals surface area (Å²) in [6.45, 7) is 6.22. The van der Waals surface area contributed by atoms with E-state index in [1.807, 2.05) is 16.8 Å². The summed E-state index contributed by atoms with van der Waals surface area (Å²) in [5, 5.41) is 11.7. The molecule has 5 nitrogen and oxygen atoms in total. The van der Waals surface area contributed by atoms with Crippen LogP contribution in [0.5, 0.6) is 0 Å². The zero-order chi connectivity index (χ0) is 14.5. The first-order valence-corrected chi connectivity index (χ1v) is 8.60. The maximum atomic E-state index is 5.41. The molecule has 0 spiro atoms. The van der Waals surface area contributed by atoms with Crippen molar-refractivity contribution < 1.29 is 4.52 Å². The van der Waals surface area contributed by atoms with Crippen LogP contribution in [0.1, 0.15) is 32.1 Å². The van der Waals surface area contributed by atoms with Gasteiger partial charge in [-0.05, 0) is 43.8 Å². The number of aromatic nitrogens is 2. The zero-order valence-electron chi connectivity index (χ0n) is 12.4. The number of nitrogens with one attached hydrogen (secondary N) is 1. The molecule has 0 bridgehead atoms. The maximum absolute atomic E-state index is 5.41. The average molecular weight is 306 g/mol. The van der Waals surface area contributed by atoms with E-state index in [0.29, 0.717) is 17.8 Å². The largest absolute Gasteiger partial charge is 0.338 e. The smallest absolute Gasteiger partial charge is 0.241 e. The number of rotatable bonds is 7. The van der Waals surface area contributed by atoms with Gasteiger partial charge in [-0.25, -0.2) is 0 Å². The summed E-state index contributed by atoms with van der Waals surface area (Å²) < 4.78 is 5.41. The van der Waals surface area contributed by atoms with Crippen molar-refractivity contribution in [3.63, 3.8) is 0 Å². The van der Waals surface area contributed by atoms with Crippen LogP contribution in [0, 0.1) is 0 Å². The molecule has 3 heterocycles. The molecule has 1 N–H and O–H groups in total. The number of hydrogen-bond acceptors (Lipinski definition) is 6. The van der Waals surface area contributed by atoms with E-state index < -0.39 is 0 Å². The highest BCUT2D eigenvalue weighted by atomic mass is 32.1. The maximum Gasteiger partial charge on any atom is 0.241 e. The van der Waals surface area contributed by atoms with E-state index >= 15 is 0 Å². The van der Waals surface area contributed by atoms with Crippen LogP contribution in [0.4, 0.5) is 0 Å². The molecule has 1 saturated heterocycles. The van der Waals surface area contributed by atoms with E-state index in [4.69, 9.17) is 4.52 Å². The normalized spacial score (nSPS) is 18.7. The van der Waals surface area contributed by atoms with Crippen LogP contribution in [0.15, 0.2) is 21.3 Å².